The number of nitrogens with zero attached hydrogens (tertiary/aromatic N) is 2. The summed E-state index contributed by atoms with van der Waals surface area (Å²) in [5.41, 5.74) is 3.99. The van der Waals surface area contributed by atoms with E-state index in [1.807, 2.05) is 30.0 Å². The fraction of sp³-hybridized carbons (Fsp3) is 0.276. The van der Waals surface area contributed by atoms with Gasteiger partial charge in [-0.25, -0.2) is 4.79 Å². The number of nitrogens with one attached hydrogen (secondary N) is 1. The fourth-order valence-corrected chi connectivity index (χ4v) is 5.54. The van der Waals surface area contributed by atoms with Crippen LogP contribution in [0.4, 0.5) is 16.2 Å². The smallest absolute Gasteiger partial charge is 0.414 e. The summed E-state index contributed by atoms with van der Waals surface area (Å²) in [5, 5.41) is 3.58. The van der Waals surface area contributed by atoms with Gasteiger partial charge in [0.15, 0.2) is 5.78 Å². The molecule has 0 aromatic heterocycles. The molecule has 2 heterocycles. The van der Waals surface area contributed by atoms with Crippen LogP contribution in [0, 0.1) is 6.92 Å². The minimum absolute atomic E-state index is 0. The quantitative estimate of drug-likeness (QED) is 0.332. The van der Waals surface area contributed by atoms with Crippen LogP contribution in [0.5, 0.6) is 0 Å². The van der Waals surface area contributed by atoms with Crippen LogP contribution in [0.15, 0.2) is 60.7 Å². The molecule has 2 aliphatic heterocycles. The molecule has 0 aliphatic carbocycles. The summed E-state index contributed by atoms with van der Waals surface area (Å²) >= 11 is 12.4. The molecule has 39 heavy (non-hydrogen) atoms. The summed E-state index contributed by atoms with van der Waals surface area (Å²) in [6, 6.07) is 17.5. The van der Waals surface area contributed by atoms with Gasteiger partial charge in [-0.2, -0.15) is 0 Å². The van der Waals surface area contributed by atoms with Crippen molar-refractivity contribution in [1.29, 1.82) is 0 Å². The maximum absolute atomic E-state index is 13.2. The number of fused-ring (bicyclic) bond motifs is 1. The number of amides is 2. The molecule has 0 bridgehead atoms. The maximum Gasteiger partial charge on any atom is 0.414 e. The van der Waals surface area contributed by atoms with Crippen LogP contribution < -0.4 is 10.2 Å². The number of rotatable bonds is 6. The van der Waals surface area contributed by atoms with E-state index in [2.05, 4.69) is 5.32 Å². The molecule has 0 spiro atoms. The molecule has 204 valence electrons. The number of anilines is 2. The minimum Gasteiger partial charge on any atom is -0.444 e. The molecule has 7 nitrogen and oxygen atoms in total. The SMILES string of the molecule is Cc1cccc2c1N(C1CCN(CC(=O)Nc3ccc(Cl)cc3C(=O)c3ccccc3Cl)CC1)C(=O)OC2.Cl. The van der Waals surface area contributed by atoms with Crippen LogP contribution in [-0.4, -0.2) is 48.4 Å². The molecule has 5 rings (SSSR count). The third kappa shape index (κ3) is 6.23. The van der Waals surface area contributed by atoms with Crippen LogP contribution in [0.1, 0.15) is 39.9 Å². The number of cyclic esters (lactones) is 1. The number of carbonyl (C=O) groups is 3. The zero-order valence-electron chi connectivity index (χ0n) is 21.3. The van der Waals surface area contributed by atoms with Crippen LogP contribution in [-0.2, 0) is 16.1 Å². The molecule has 0 radical (unpaired) electrons. The van der Waals surface area contributed by atoms with E-state index >= 15 is 0 Å². The van der Waals surface area contributed by atoms with Gasteiger partial charge in [-0.1, -0.05) is 53.5 Å². The van der Waals surface area contributed by atoms with E-state index in [0.717, 1.165) is 16.8 Å². The molecule has 0 unspecified atom stereocenters. The highest BCUT2D eigenvalue weighted by atomic mass is 35.5. The van der Waals surface area contributed by atoms with E-state index in [1.165, 1.54) is 6.07 Å². The maximum atomic E-state index is 13.2. The molecule has 0 saturated carbocycles. The van der Waals surface area contributed by atoms with E-state index in [4.69, 9.17) is 27.9 Å². The highest BCUT2D eigenvalue weighted by molar-refractivity contribution is 6.36. The second kappa shape index (κ2) is 12.4. The van der Waals surface area contributed by atoms with Crippen LogP contribution in [0.2, 0.25) is 10.0 Å². The number of para-hydroxylation sites is 1. The van der Waals surface area contributed by atoms with Gasteiger partial charge in [0.2, 0.25) is 5.91 Å². The Morgan fingerprint density at radius 1 is 1.00 bits per heavy atom. The fourth-order valence-electron chi connectivity index (χ4n) is 5.15. The van der Waals surface area contributed by atoms with Gasteiger partial charge in [0.25, 0.3) is 0 Å². The molecule has 1 N–H and O–H groups in total. The zero-order valence-corrected chi connectivity index (χ0v) is 23.6. The summed E-state index contributed by atoms with van der Waals surface area (Å²) < 4.78 is 5.43. The van der Waals surface area contributed by atoms with Gasteiger partial charge in [0, 0.05) is 40.8 Å². The number of halogens is 3. The standard InChI is InChI=1S/C29H27Cl2N3O4.ClH/c1-18-5-4-6-19-17-38-29(37)34(27(18)19)21-11-13-33(14-12-21)16-26(35)32-25-10-9-20(30)15-23(25)28(36)22-7-2-3-8-24(22)31;/h2-10,15,21H,11-14,16-17H2,1H3,(H,32,35);1H. The van der Waals surface area contributed by atoms with Crippen molar-refractivity contribution in [2.24, 2.45) is 0 Å². The summed E-state index contributed by atoms with van der Waals surface area (Å²) in [6.45, 7) is 3.75. The second-order valence-corrected chi connectivity index (χ2v) is 10.4. The Bertz CT molecular complexity index is 1410. The lowest BCUT2D eigenvalue weighted by atomic mass is 9.99. The molecule has 3 aromatic carbocycles. The number of ether oxygens (including phenoxy) is 1. The van der Waals surface area contributed by atoms with Gasteiger partial charge in [-0.15, -0.1) is 12.4 Å². The number of aryl methyl sites for hydroxylation is 1. The second-order valence-electron chi connectivity index (χ2n) is 9.56. The first-order chi connectivity index (χ1) is 18.3. The van der Waals surface area contributed by atoms with Crippen molar-refractivity contribution in [2.45, 2.75) is 32.4 Å². The summed E-state index contributed by atoms with van der Waals surface area (Å²) in [7, 11) is 0. The summed E-state index contributed by atoms with van der Waals surface area (Å²) in [4.78, 5) is 42.7. The Morgan fingerprint density at radius 3 is 2.49 bits per heavy atom. The van der Waals surface area contributed by atoms with Gasteiger partial charge < -0.3 is 10.1 Å². The predicted molar refractivity (Wildman–Crippen MR) is 156 cm³/mol. The van der Waals surface area contributed by atoms with E-state index in [9.17, 15) is 14.4 Å². The van der Waals surface area contributed by atoms with Crippen molar-refractivity contribution in [3.63, 3.8) is 0 Å². The Kier molecular flexibility index (Phi) is 9.18. The molecule has 0 atom stereocenters. The van der Waals surface area contributed by atoms with Crippen LogP contribution in [0.25, 0.3) is 0 Å². The van der Waals surface area contributed by atoms with Crippen molar-refractivity contribution in [1.82, 2.24) is 4.90 Å². The number of hydrogen-bond donors (Lipinski definition) is 1. The number of carbonyl (C=O) groups excluding carboxylic acids is 3. The third-order valence-corrected chi connectivity index (χ3v) is 7.58. The molecule has 3 aromatic rings. The van der Waals surface area contributed by atoms with Gasteiger partial charge in [-0.3, -0.25) is 19.4 Å². The van der Waals surface area contributed by atoms with E-state index in [1.54, 1.807) is 41.3 Å². The first-order valence-corrected chi connectivity index (χ1v) is 13.2. The molecule has 1 fully saturated rings. The Balaban J connectivity index is 0.00000353. The molecule has 10 heteroatoms. The monoisotopic (exact) mass is 587 g/mol. The van der Waals surface area contributed by atoms with Gasteiger partial charge >= 0.3 is 6.09 Å². The topological polar surface area (TPSA) is 79.0 Å². The molecule has 2 amide bonds. The Morgan fingerprint density at radius 2 is 1.74 bits per heavy atom. The molecular weight excluding hydrogens is 561 g/mol. The van der Waals surface area contributed by atoms with Crippen LogP contribution in [0.3, 0.4) is 0 Å². The normalized spacial score (nSPS) is 15.7. The van der Waals surface area contributed by atoms with Gasteiger partial charge in [0.05, 0.1) is 22.9 Å². The van der Waals surface area contributed by atoms with E-state index in [-0.39, 0.29) is 54.9 Å². The highest BCUT2D eigenvalue weighted by Crippen LogP contribution is 2.34. The lowest BCUT2D eigenvalue weighted by Crippen LogP contribution is -2.50. The van der Waals surface area contributed by atoms with Crippen LogP contribution >= 0.6 is 35.6 Å². The predicted octanol–water partition coefficient (Wildman–Crippen LogP) is 6.51. The number of likely N-dealkylation sites (tertiary alicyclic amines) is 1. The van der Waals surface area contributed by atoms with E-state index in [0.29, 0.717) is 47.2 Å². The molecule has 2 aliphatic rings. The highest BCUT2D eigenvalue weighted by Gasteiger charge is 2.35. The van der Waals surface area contributed by atoms with Crippen molar-refractivity contribution in [3.8, 4) is 0 Å². The first-order valence-electron chi connectivity index (χ1n) is 12.5. The minimum atomic E-state index is -0.321. The third-order valence-electron chi connectivity index (χ3n) is 7.02. The summed E-state index contributed by atoms with van der Waals surface area (Å²) in [5.74, 6) is -0.559. The van der Waals surface area contributed by atoms with Gasteiger partial charge in [-0.05, 0) is 55.7 Å². The van der Waals surface area contributed by atoms with Crippen molar-refractivity contribution >= 4 is 64.8 Å². The average Bonchev–Trinajstić information content (AvgIpc) is 2.90. The van der Waals surface area contributed by atoms with E-state index < -0.39 is 0 Å². The van der Waals surface area contributed by atoms with Crippen molar-refractivity contribution in [3.05, 3.63) is 93.0 Å². The Labute approximate surface area is 243 Å². The lowest BCUT2D eigenvalue weighted by molar-refractivity contribution is -0.117. The number of piperidine rings is 1. The average molecular weight is 589 g/mol. The Hall–Kier alpha value is -3.10. The number of benzene rings is 3. The lowest BCUT2D eigenvalue weighted by Gasteiger charge is -2.40. The van der Waals surface area contributed by atoms with Crippen molar-refractivity contribution < 1.29 is 19.1 Å². The first kappa shape index (κ1) is 28.9. The van der Waals surface area contributed by atoms with Crippen molar-refractivity contribution in [2.75, 3.05) is 29.9 Å². The zero-order chi connectivity index (χ0) is 26.8. The number of ketones is 1. The largest absolute Gasteiger partial charge is 0.444 e. The molecular formula is C29H28Cl3N3O4. The van der Waals surface area contributed by atoms with Gasteiger partial charge in [0.1, 0.15) is 6.61 Å². The summed E-state index contributed by atoms with van der Waals surface area (Å²) in [6.07, 6.45) is 1.11. The molecule has 1 saturated heterocycles. The number of hydrogen-bond acceptors (Lipinski definition) is 5.